The Morgan fingerprint density at radius 2 is 2.20 bits per heavy atom. The summed E-state index contributed by atoms with van der Waals surface area (Å²) in [5, 5.41) is 12.3. The number of nitrogens with one attached hydrogen (secondary N) is 1. The average Bonchev–Trinajstić information content (AvgIpc) is 3.15. The van der Waals surface area contributed by atoms with E-state index in [1.54, 1.807) is 18.7 Å². The third-order valence-corrected chi connectivity index (χ3v) is 7.33. The minimum atomic E-state index is -0.644. The molecule has 3 rings (SSSR count). The van der Waals surface area contributed by atoms with Gasteiger partial charge in [0.25, 0.3) is 0 Å². The van der Waals surface area contributed by atoms with Crippen LogP contribution in [0.4, 0.5) is 0 Å². The number of aliphatic hydroxyl groups excluding tert-OH is 1. The Hall–Kier alpha value is -1.28. The summed E-state index contributed by atoms with van der Waals surface area (Å²) in [7, 11) is 0. The van der Waals surface area contributed by atoms with E-state index in [4.69, 9.17) is 4.74 Å². The first-order valence-corrected chi connectivity index (χ1v) is 9.81. The lowest BCUT2D eigenvalue weighted by molar-refractivity contribution is -0.153. The number of hydrogen-bond donors (Lipinski definition) is 2. The van der Waals surface area contributed by atoms with E-state index in [2.05, 4.69) is 5.32 Å². The molecule has 0 aromatic heterocycles. The van der Waals surface area contributed by atoms with Crippen LogP contribution >= 0.6 is 11.8 Å². The lowest BCUT2D eigenvalue weighted by atomic mass is 9.71. The Kier molecular flexibility index (Phi) is 5.03. The van der Waals surface area contributed by atoms with Gasteiger partial charge in [-0.2, -0.15) is 0 Å². The first kappa shape index (κ1) is 18.5. The van der Waals surface area contributed by atoms with Gasteiger partial charge in [0.1, 0.15) is 6.04 Å². The highest BCUT2D eigenvalue weighted by Crippen LogP contribution is 2.66. The van der Waals surface area contributed by atoms with Crippen LogP contribution in [0.1, 0.15) is 33.6 Å². The molecule has 3 heterocycles. The third kappa shape index (κ3) is 2.73. The van der Waals surface area contributed by atoms with Crippen molar-refractivity contribution in [3.8, 4) is 0 Å². The lowest BCUT2D eigenvalue weighted by Crippen LogP contribution is -2.55. The molecule has 2 bridgehead atoms. The first-order chi connectivity index (χ1) is 11.9. The highest BCUT2D eigenvalue weighted by Gasteiger charge is 2.73. The number of ether oxygens (including phenoxy) is 1. The van der Waals surface area contributed by atoms with Gasteiger partial charge in [-0.25, -0.2) is 0 Å². The summed E-state index contributed by atoms with van der Waals surface area (Å²) in [6.45, 7) is 5.67. The molecule has 0 radical (unpaired) electrons. The second-order valence-corrected chi connectivity index (χ2v) is 8.83. The van der Waals surface area contributed by atoms with Gasteiger partial charge in [-0.1, -0.05) is 0 Å². The Balaban J connectivity index is 1.98. The molecule has 0 saturated carbocycles. The summed E-state index contributed by atoms with van der Waals surface area (Å²) < 4.78 is 4.62. The molecule has 7 nitrogen and oxygen atoms in total. The summed E-state index contributed by atoms with van der Waals surface area (Å²) in [5.74, 6) is -1.77. The summed E-state index contributed by atoms with van der Waals surface area (Å²) in [6.07, 6.45) is 1.53. The molecule has 0 aromatic rings. The van der Waals surface area contributed by atoms with Crippen molar-refractivity contribution < 1.29 is 24.2 Å². The van der Waals surface area contributed by atoms with Crippen LogP contribution in [0.3, 0.4) is 0 Å². The van der Waals surface area contributed by atoms with E-state index in [0.29, 0.717) is 0 Å². The zero-order valence-electron chi connectivity index (χ0n) is 14.9. The highest BCUT2D eigenvalue weighted by atomic mass is 32.2. The molecule has 1 spiro atoms. The number of carbonyl (C=O) groups is 3. The fourth-order valence-corrected chi connectivity index (χ4v) is 6.88. The molecule has 3 aliphatic heterocycles. The number of amides is 2. The number of hydrogen-bond acceptors (Lipinski definition) is 6. The molecule has 2 unspecified atom stereocenters. The average molecular weight is 370 g/mol. The number of carbonyl (C=O) groups excluding carboxylic acids is 3. The maximum Gasteiger partial charge on any atom is 0.310 e. The Morgan fingerprint density at radius 1 is 1.48 bits per heavy atom. The van der Waals surface area contributed by atoms with Crippen LogP contribution in [0.5, 0.6) is 0 Å². The predicted octanol–water partition coefficient (Wildman–Crippen LogP) is 0.158. The van der Waals surface area contributed by atoms with Gasteiger partial charge in [-0.3, -0.25) is 14.4 Å². The van der Waals surface area contributed by atoms with Gasteiger partial charge in [-0.05, 0) is 33.6 Å². The predicted molar refractivity (Wildman–Crippen MR) is 92.8 cm³/mol. The molecule has 0 aromatic carbocycles. The zero-order chi connectivity index (χ0) is 18.4. The maximum atomic E-state index is 13.1. The van der Waals surface area contributed by atoms with E-state index in [9.17, 15) is 19.5 Å². The number of β-amino-alcohol motifs (C(OH)–C–C–N with tert-alkyl or cyclic N) is 1. The fraction of sp³-hybridized carbons (Fsp3) is 0.824. The second kappa shape index (κ2) is 6.79. The largest absolute Gasteiger partial charge is 0.466 e. The third-order valence-electron chi connectivity index (χ3n) is 5.38. The fourth-order valence-electron chi connectivity index (χ4n) is 4.67. The number of esters is 1. The SMILES string of the molecule is CCOC(=O)[C@@H]1[C@@H]2CCC3(S2)C(C(=O)NC(C)C)N(CCO)C(=O)[C@H]13. The van der Waals surface area contributed by atoms with Crippen LogP contribution < -0.4 is 5.32 Å². The van der Waals surface area contributed by atoms with Crippen molar-refractivity contribution in [2.75, 3.05) is 19.8 Å². The van der Waals surface area contributed by atoms with E-state index in [1.165, 1.54) is 4.90 Å². The van der Waals surface area contributed by atoms with Crippen molar-refractivity contribution in [2.45, 2.75) is 55.7 Å². The Morgan fingerprint density at radius 3 is 2.80 bits per heavy atom. The molecule has 8 heteroatoms. The van der Waals surface area contributed by atoms with Gasteiger partial charge >= 0.3 is 5.97 Å². The van der Waals surface area contributed by atoms with Crippen LogP contribution in [0.2, 0.25) is 0 Å². The molecule has 2 N–H and O–H groups in total. The quantitative estimate of drug-likeness (QED) is 0.647. The molecule has 5 atom stereocenters. The van der Waals surface area contributed by atoms with Crippen molar-refractivity contribution in [3.63, 3.8) is 0 Å². The van der Waals surface area contributed by atoms with Crippen LogP contribution in [0.15, 0.2) is 0 Å². The number of likely N-dealkylation sites (tertiary alicyclic amines) is 1. The van der Waals surface area contributed by atoms with Crippen LogP contribution in [0, 0.1) is 11.8 Å². The van der Waals surface area contributed by atoms with Crippen molar-refractivity contribution in [2.24, 2.45) is 11.8 Å². The molecule has 25 heavy (non-hydrogen) atoms. The molecular weight excluding hydrogens is 344 g/mol. The molecule has 3 saturated heterocycles. The van der Waals surface area contributed by atoms with E-state index >= 15 is 0 Å². The number of fused-ring (bicyclic) bond motifs is 1. The molecule has 140 valence electrons. The standard InChI is InChI=1S/C17H26N2O5S/c1-4-24-16(23)11-10-5-6-17(25-10)12(11)15(22)19(7-8-20)13(17)14(21)18-9(2)3/h9-13,20H,4-8H2,1-3H3,(H,18,21)/t10-,11+,12-,13?,17?/m0/s1. The lowest BCUT2D eigenvalue weighted by Gasteiger charge is -2.34. The zero-order valence-corrected chi connectivity index (χ0v) is 15.7. The van der Waals surface area contributed by atoms with Crippen molar-refractivity contribution in [1.29, 1.82) is 0 Å². The summed E-state index contributed by atoms with van der Waals surface area (Å²) in [6, 6.07) is -0.688. The van der Waals surface area contributed by atoms with Gasteiger partial charge < -0.3 is 20.1 Å². The van der Waals surface area contributed by atoms with E-state index < -0.39 is 22.6 Å². The highest BCUT2D eigenvalue weighted by molar-refractivity contribution is 8.02. The summed E-state index contributed by atoms with van der Waals surface area (Å²) in [4.78, 5) is 40.0. The monoisotopic (exact) mass is 370 g/mol. The number of thioether (sulfide) groups is 1. The first-order valence-electron chi connectivity index (χ1n) is 8.93. The van der Waals surface area contributed by atoms with Gasteiger partial charge in [0.05, 0.1) is 29.8 Å². The number of nitrogens with zero attached hydrogens (tertiary/aromatic N) is 1. The number of rotatable bonds is 6. The summed E-state index contributed by atoms with van der Waals surface area (Å²) in [5.41, 5.74) is 0. The van der Waals surface area contributed by atoms with E-state index in [0.717, 1.165) is 12.8 Å². The minimum Gasteiger partial charge on any atom is -0.466 e. The molecular formula is C17H26N2O5S. The maximum absolute atomic E-state index is 13.1. The van der Waals surface area contributed by atoms with Gasteiger partial charge in [0, 0.05) is 17.8 Å². The van der Waals surface area contributed by atoms with Crippen molar-refractivity contribution in [1.82, 2.24) is 10.2 Å². The smallest absolute Gasteiger partial charge is 0.310 e. The molecule has 0 aliphatic carbocycles. The Bertz CT molecular complexity index is 583. The van der Waals surface area contributed by atoms with Gasteiger partial charge in [-0.15, -0.1) is 11.8 Å². The summed E-state index contributed by atoms with van der Waals surface area (Å²) >= 11 is 1.60. The second-order valence-electron chi connectivity index (χ2n) is 7.23. The minimum absolute atomic E-state index is 0.0265. The van der Waals surface area contributed by atoms with Crippen molar-refractivity contribution >= 4 is 29.5 Å². The van der Waals surface area contributed by atoms with Crippen molar-refractivity contribution in [3.05, 3.63) is 0 Å². The van der Waals surface area contributed by atoms with Crippen LogP contribution in [-0.4, -0.2) is 69.6 Å². The molecule has 2 amide bonds. The van der Waals surface area contributed by atoms with Crippen LogP contribution in [-0.2, 0) is 19.1 Å². The normalized spacial score (nSPS) is 36.0. The van der Waals surface area contributed by atoms with E-state index in [-0.39, 0.29) is 48.8 Å². The Labute approximate surface area is 151 Å². The van der Waals surface area contributed by atoms with Gasteiger partial charge in [0.2, 0.25) is 11.8 Å². The van der Waals surface area contributed by atoms with Crippen LogP contribution in [0.25, 0.3) is 0 Å². The topological polar surface area (TPSA) is 95.9 Å². The molecule has 3 fully saturated rings. The number of aliphatic hydroxyl groups is 1. The van der Waals surface area contributed by atoms with E-state index in [1.807, 2.05) is 13.8 Å². The van der Waals surface area contributed by atoms with Gasteiger partial charge in [0.15, 0.2) is 0 Å². The molecule has 3 aliphatic rings.